The molecule has 3 aliphatic heterocycles. The molecule has 7 heteroatoms. The first-order chi connectivity index (χ1) is 17.9. The molecule has 196 valence electrons. The zero-order valence-electron chi connectivity index (χ0n) is 22.4. The number of fused-ring (bicyclic) bond motifs is 1. The maximum Gasteiger partial charge on any atom is 0.165 e. The summed E-state index contributed by atoms with van der Waals surface area (Å²) in [6.45, 7) is 11.8. The maximum absolute atomic E-state index is 15.3. The molecule has 1 aromatic heterocycles. The Bertz CT molecular complexity index is 1240. The summed E-state index contributed by atoms with van der Waals surface area (Å²) in [6, 6.07) is 7.22. The predicted octanol–water partition coefficient (Wildman–Crippen LogP) is 7.08. The SMILES string of the molecule is CCC1CCN(Cc2ccc(N3C=C(F)C(c4cc(F)c5c(c4)C(CC)(CC)C(C)=N5)=NC3)nc2)CC1. The first kappa shape index (κ1) is 25.7. The highest BCUT2D eigenvalue weighted by molar-refractivity contribution is 6.13. The van der Waals surface area contributed by atoms with Gasteiger partial charge in [-0.15, -0.1) is 0 Å². The first-order valence-electron chi connectivity index (χ1n) is 13.6. The number of pyridine rings is 1. The summed E-state index contributed by atoms with van der Waals surface area (Å²) < 4.78 is 30.4. The van der Waals surface area contributed by atoms with Gasteiger partial charge in [-0.3, -0.25) is 14.9 Å². The topological polar surface area (TPSA) is 44.1 Å². The van der Waals surface area contributed by atoms with Crippen molar-refractivity contribution in [2.75, 3.05) is 24.7 Å². The molecule has 0 N–H and O–H groups in total. The van der Waals surface area contributed by atoms with Gasteiger partial charge >= 0.3 is 0 Å². The van der Waals surface area contributed by atoms with Crippen molar-refractivity contribution in [2.45, 2.75) is 71.8 Å². The van der Waals surface area contributed by atoms with E-state index in [1.54, 1.807) is 4.90 Å². The molecule has 0 spiro atoms. The Morgan fingerprint density at radius 1 is 1.05 bits per heavy atom. The van der Waals surface area contributed by atoms with Crippen molar-refractivity contribution in [1.82, 2.24) is 9.88 Å². The van der Waals surface area contributed by atoms with E-state index < -0.39 is 11.6 Å². The molecule has 0 bridgehead atoms. The Labute approximate surface area is 219 Å². The fraction of sp³-hybridized carbons (Fsp3) is 0.500. The summed E-state index contributed by atoms with van der Waals surface area (Å²) in [7, 11) is 0. The number of hydrogen-bond donors (Lipinski definition) is 0. The third kappa shape index (κ3) is 4.74. The predicted molar refractivity (Wildman–Crippen MR) is 147 cm³/mol. The number of rotatable bonds is 7. The number of aromatic nitrogens is 1. The molecule has 1 aromatic carbocycles. The van der Waals surface area contributed by atoms with Gasteiger partial charge < -0.3 is 4.90 Å². The van der Waals surface area contributed by atoms with Crippen molar-refractivity contribution in [2.24, 2.45) is 15.9 Å². The number of anilines is 1. The molecule has 0 atom stereocenters. The molecule has 2 aromatic rings. The van der Waals surface area contributed by atoms with Crippen LogP contribution in [0.5, 0.6) is 0 Å². The number of allylic oxidation sites excluding steroid dienone is 1. The Hall–Kier alpha value is -2.93. The van der Waals surface area contributed by atoms with E-state index in [0.717, 1.165) is 55.2 Å². The number of piperidine rings is 1. The van der Waals surface area contributed by atoms with Gasteiger partial charge in [-0.2, -0.15) is 0 Å². The lowest BCUT2D eigenvalue weighted by atomic mass is 9.73. The van der Waals surface area contributed by atoms with E-state index in [2.05, 4.69) is 46.7 Å². The number of hydrogen-bond acceptors (Lipinski definition) is 5. The van der Waals surface area contributed by atoms with Gasteiger partial charge in [0.1, 0.15) is 29.7 Å². The van der Waals surface area contributed by atoms with Crippen LogP contribution in [0.4, 0.5) is 20.3 Å². The number of likely N-dealkylation sites (tertiary alicyclic amines) is 1. The molecule has 4 heterocycles. The van der Waals surface area contributed by atoms with Gasteiger partial charge in [0.15, 0.2) is 5.83 Å². The average molecular weight is 506 g/mol. The summed E-state index contributed by atoms with van der Waals surface area (Å²) in [5.41, 5.74) is 3.60. The van der Waals surface area contributed by atoms with Gasteiger partial charge in [-0.25, -0.2) is 13.8 Å². The fourth-order valence-electron chi connectivity index (χ4n) is 6.15. The minimum absolute atomic E-state index is 0.177. The minimum Gasteiger partial charge on any atom is -0.310 e. The van der Waals surface area contributed by atoms with Crippen molar-refractivity contribution in [3.63, 3.8) is 0 Å². The zero-order valence-corrected chi connectivity index (χ0v) is 22.4. The summed E-state index contributed by atoms with van der Waals surface area (Å²) >= 11 is 0. The van der Waals surface area contributed by atoms with E-state index >= 15 is 8.78 Å². The number of nitrogens with zero attached hydrogens (tertiary/aromatic N) is 5. The molecule has 0 aliphatic carbocycles. The fourth-order valence-corrected chi connectivity index (χ4v) is 6.15. The molecule has 0 unspecified atom stereocenters. The van der Waals surface area contributed by atoms with Crippen LogP contribution in [0, 0.1) is 11.7 Å². The molecule has 0 saturated carbocycles. The van der Waals surface area contributed by atoms with Crippen LogP contribution in [0.15, 0.2) is 52.5 Å². The third-order valence-corrected chi connectivity index (χ3v) is 8.70. The molecule has 1 saturated heterocycles. The summed E-state index contributed by atoms with van der Waals surface area (Å²) in [6.07, 6.45) is 8.71. The Morgan fingerprint density at radius 2 is 1.81 bits per heavy atom. The molecule has 1 fully saturated rings. The maximum atomic E-state index is 15.3. The van der Waals surface area contributed by atoms with Crippen molar-refractivity contribution >= 4 is 22.9 Å². The highest BCUT2D eigenvalue weighted by atomic mass is 19.1. The van der Waals surface area contributed by atoms with E-state index in [9.17, 15) is 0 Å². The van der Waals surface area contributed by atoms with Gasteiger partial charge in [-0.1, -0.05) is 33.3 Å². The van der Waals surface area contributed by atoms with E-state index in [-0.39, 0.29) is 17.8 Å². The molecule has 3 aliphatic rings. The smallest absolute Gasteiger partial charge is 0.165 e. The largest absolute Gasteiger partial charge is 0.310 e. The van der Waals surface area contributed by atoms with Gasteiger partial charge in [0.2, 0.25) is 0 Å². The Morgan fingerprint density at radius 3 is 2.43 bits per heavy atom. The lowest BCUT2D eigenvalue weighted by Gasteiger charge is -2.31. The van der Waals surface area contributed by atoms with Crippen LogP contribution >= 0.6 is 0 Å². The summed E-state index contributed by atoms with van der Waals surface area (Å²) in [4.78, 5) is 17.8. The molecule has 0 radical (unpaired) electrons. The molecule has 5 rings (SSSR count). The highest BCUT2D eigenvalue weighted by Gasteiger charge is 2.40. The van der Waals surface area contributed by atoms with Crippen LogP contribution in [0.1, 0.15) is 76.5 Å². The van der Waals surface area contributed by atoms with E-state index in [4.69, 9.17) is 0 Å². The third-order valence-electron chi connectivity index (χ3n) is 8.70. The van der Waals surface area contributed by atoms with Gasteiger partial charge in [0, 0.05) is 35.6 Å². The minimum atomic E-state index is -0.496. The van der Waals surface area contributed by atoms with E-state index in [1.807, 2.05) is 25.3 Å². The van der Waals surface area contributed by atoms with Crippen LogP contribution < -0.4 is 4.90 Å². The number of benzene rings is 1. The Balaban J connectivity index is 1.30. The Kier molecular flexibility index (Phi) is 7.26. The van der Waals surface area contributed by atoms with Crippen LogP contribution in [0.25, 0.3) is 0 Å². The van der Waals surface area contributed by atoms with E-state index in [1.165, 1.54) is 31.5 Å². The normalized spacial score (nSPS) is 19.9. The van der Waals surface area contributed by atoms with Gasteiger partial charge in [0.05, 0.1) is 0 Å². The van der Waals surface area contributed by atoms with Crippen molar-refractivity contribution < 1.29 is 8.78 Å². The first-order valence-corrected chi connectivity index (χ1v) is 13.6. The summed E-state index contributed by atoms with van der Waals surface area (Å²) in [5.74, 6) is 0.579. The van der Waals surface area contributed by atoms with Crippen molar-refractivity contribution in [3.05, 3.63) is 65.0 Å². The van der Waals surface area contributed by atoms with Crippen LogP contribution in [0.2, 0.25) is 0 Å². The van der Waals surface area contributed by atoms with Crippen molar-refractivity contribution in [3.8, 4) is 0 Å². The standard InChI is InChI=1S/C30H37F2N5/c1-5-21-10-12-36(13-11-21)17-22-8-9-27(33-16-22)37-18-26(32)28(34-19-37)23-14-24-29(25(31)15-23)35-20(4)30(24,6-2)7-3/h8-9,14-16,18,21H,5-7,10-13,17,19H2,1-4H3. The van der Waals surface area contributed by atoms with E-state index in [0.29, 0.717) is 17.1 Å². The van der Waals surface area contributed by atoms with Crippen molar-refractivity contribution in [1.29, 1.82) is 0 Å². The van der Waals surface area contributed by atoms with Crippen LogP contribution in [-0.2, 0) is 12.0 Å². The average Bonchev–Trinajstić information content (AvgIpc) is 3.21. The summed E-state index contributed by atoms with van der Waals surface area (Å²) in [5, 5.41) is 0. The van der Waals surface area contributed by atoms with Crippen LogP contribution in [0.3, 0.4) is 0 Å². The quantitative estimate of drug-likeness (QED) is 0.404. The molecule has 5 nitrogen and oxygen atoms in total. The van der Waals surface area contributed by atoms with Gasteiger partial charge in [-0.05, 0) is 80.9 Å². The molecule has 37 heavy (non-hydrogen) atoms. The molecular formula is C30H37F2N5. The number of halogens is 2. The second-order valence-corrected chi connectivity index (χ2v) is 10.6. The van der Waals surface area contributed by atoms with Gasteiger partial charge in [0.25, 0.3) is 0 Å². The van der Waals surface area contributed by atoms with Crippen LogP contribution in [-0.4, -0.2) is 41.1 Å². The monoisotopic (exact) mass is 505 g/mol. The molecular weight excluding hydrogens is 468 g/mol. The highest BCUT2D eigenvalue weighted by Crippen LogP contribution is 2.46. The lowest BCUT2D eigenvalue weighted by molar-refractivity contribution is 0.175. The number of aliphatic imine (C=N–C) groups is 2. The second kappa shape index (κ2) is 10.4. The molecule has 0 amide bonds. The second-order valence-electron chi connectivity index (χ2n) is 10.6. The zero-order chi connectivity index (χ0) is 26.2. The lowest BCUT2D eigenvalue weighted by Crippen LogP contribution is -2.33.